The first-order chi connectivity index (χ1) is 13.6. The van der Waals surface area contributed by atoms with Crippen molar-refractivity contribution in [2.75, 3.05) is 11.1 Å². The number of hydrogen-bond acceptors (Lipinski definition) is 5. The van der Waals surface area contributed by atoms with Crippen LogP contribution in [0.3, 0.4) is 0 Å². The van der Waals surface area contributed by atoms with E-state index in [2.05, 4.69) is 32.4 Å². The highest BCUT2D eigenvalue weighted by Gasteiger charge is 2.29. The summed E-state index contributed by atoms with van der Waals surface area (Å²) in [6.45, 7) is 2.05. The zero-order valence-corrected chi connectivity index (χ0v) is 15.6. The third-order valence-electron chi connectivity index (χ3n) is 4.64. The number of amides is 1. The van der Waals surface area contributed by atoms with E-state index < -0.39 is 0 Å². The standard InChI is InChI=1S/C22H21N5O/c1-14-2-4-16(5-3-14)18-9-11-25-21(23)20(18)26-13-15-8-10-24-19(12-15)27-22(28)17-6-7-17/h2-5,8-13,17H,6-7H2,1H3,(H2,23,25)(H,24,27,28). The summed E-state index contributed by atoms with van der Waals surface area (Å²) in [4.78, 5) is 24.9. The maximum absolute atomic E-state index is 11.9. The van der Waals surface area contributed by atoms with Crippen LogP contribution in [0, 0.1) is 12.8 Å². The number of aliphatic imine (C=N–C) groups is 1. The fraction of sp³-hybridized carbons (Fsp3) is 0.182. The van der Waals surface area contributed by atoms with E-state index in [1.807, 2.05) is 31.2 Å². The third-order valence-corrected chi connectivity index (χ3v) is 4.64. The molecule has 1 aromatic carbocycles. The molecule has 2 heterocycles. The molecule has 4 rings (SSSR count). The second kappa shape index (κ2) is 7.60. The number of aromatic nitrogens is 2. The normalized spacial score (nSPS) is 13.6. The van der Waals surface area contributed by atoms with Gasteiger partial charge in [-0.05, 0) is 49.1 Å². The molecule has 0 radical (unpaired) electrons. The van der Waals surface area contributed by atoms with Crippen LogP contribution in [-0.2, 0) is 4.79 Å². The Morgan fingerprint density at radius 2 is 1.89 bits per heavy atom. The average molecular weight is 371 g/mol. The van der Waals surface area contributed by atoms with E-state index in [1.165, 1.54) is 5.56 Å². The van der Waals surface area contributed by atoms with Crippen molar-refractivity contribution in [3.8, 4) is 11.1 Å². The topological polar surface area (TPSA) is 93.3 Å². The molecule has 1 aliphatic carbocycles. The van der Waals surface area contributed by atoms with Gasteiger partial charge in [0.05, 0.1) is 0 Å². The van der Waals surface area contributed by atoms with Gasteiger partial charge >= 0.3 is 0 Å². The molecule has 6 nitrogen and oxygen atoms in total. The molecular formula is C22H21N5O. The van der Waals surface area contributed by atoms with Crippen LogP contribution in [0.4, 0.5) is 17.3 Å². The maximum atomic E-state index is 11.9. The smallest absolute Gasteiger partial charge is 0.228 e. The first kappa shape index (κ1) is 17.9. The maximum Gasteiger partial charge on any atom is 0.228 e. The van der Waals surface area contributed by atoms with Crippen molar-refractivity contribution in [3.05, 3.63) is 66.0 Å². The second-order valence-electron chi connectivity index (χ2n) is 6.95. The predicted molar refractivity (Wildman–Crippen MR) is 112 cm³/mol. The lowest BCUT2D eigenvalue weighted by Gasteiger charge is -2.08. The van der Waals surface area contributed by atoms with Crippen LogP contribution in [0.15, 0.2) is 59.9 Å². The van der Waals surface area contributed by atoms with Crippen molar-refractivity contribution in [2.45, 2.75) is 19.8 Å². The molecule has 3 N–H and O–H groups in total. The van der Waals surface area contributed by atoms with Crippen LogP contribution < -0.4 is 11.1 Å². The van der Waals surface area contributed by atoms with Gasteiger partial charge in [-0.15, -0.1) is 0 Å². The lowest BCUT2D eigenvalue weighted by molar-refractivity contribution is -0.117. The molecule has 0 spiro atoms. The van der Waals surface area contributed by atoms with E-state index in [0.29, 0.717) is 17.3 Å². The van der Waals surface area contributed by atoms with Gasteiger partial charge in [-0.3, -0.25) is 9.79 Å². The Bertz CT molecular complexity index is 1040. The number of nitrogens with one attached hydrogen (secondary N) is 1. The van der Waals surface area contributed by atoms with E-state index in [-0.39, 0.29) is 11.8 Å². The van der Waals surface area contributed by atoms with Gasteiger partial charge in [0.2, 0.25) is 5.91 Å². The highest BCUT2D eigenvalue weighted by Crippen LogP contribution is 2.34. The molecule has 1 saturated carbocycles. The summed E-state index contributed by atoms with van der Waals surface area (Å²) < 4.78 is 0. The molecule has 140 valence electrons. The molecule has 0 unspecified atom stereocenters. The number of nitrogens with two attached hydrogens (primary N) is 1. The number of anilines is 2. The SMILES string of the molecule is Cc1ccc(-c2ccnc(N)c2N=Cc2ccnc(NC(=O)C3CC3)c2)cc1. The fourth-order valence-corrected chi connectivity index (χ4v) is 2.88. The van der Waals surface area contributed by atoms with E-state index >= 15 is 0 Å². The van der Waals surface area contributed by atoms with Gasteiger partial charge in [0.1, 0.15) is 17.3 Å². The van der Waals surface area contributed by atoms with Crippen LogP contribution >= 0.6 is 0 Å². The number of pyridine rings is 2. The highest BCUT2D eigenvalue weighted by atomic mass is 16.2. The lowest BCUT2D eigenvalue weighted by Crippen LogP contribution is -2.14. The van der Waals surface area contributed by atoms with Gasteiger partial charge in [0.15, 0.2) is 0 Å². The van der Waals surface area contributed by atoms with Crippen molar-refractivity contribution in [3.63, 3.8) is 0 Å². The van der Waals surface area contributed by atoms with Gasteiger partial charge in [-0.25, -0.2) is 9.97 Å². The van der Waals surface area contributed by atoms with Gasteiger partial charge in [0, 0.05) is 30.1 Å². The van der Waals surface area contributed by atoms with E-state index in [9.17, 15) is 4.79 Å². The van der Waals surface area contributed by atoms with Crippen molar-refractivity contribution in [1.82, 2.24) is 9.97 Å². The molecule has 6 heteroatoms. The summed E-state index contributed by atoms with van der Waals surface area (Å²) in [5.74, 6) is 1.05. The van der Waals surface area contributed by atoms with E-state index in [1.54, 1.807) is 24.7 Å². The number of carbonyl (C=O) groups is 1. The number of hydrogen-bond donors (Lipinski definition) is 2. The Morgan fingerprint density at radius 1 is 1.14 bits per heavy atom. The summed E-state index contributed by atoms with van der Waals surface area (Å²) >= 11 is 0. The van der Waals surface area contributed by atoms with Crippen molar-refractivity contribution in [1.29, 1.82) is 0 Å². The molecular weight excluding hydrogens is 350 g/mol. The van der Waals surface area contributed by atoms with Crippen molar-refractivity contribution < 1.29 is 4.79 Å². The fourth-order valence-electron chi connectivity index (χ4n) is 2.88. The van der Waals surface area contributed by atoms with Crippen molar-refractivity contribution >= 4 is 29.4 Å². The number of nitrogen functional groups attached to an aromatic ring is 1. The minimum atomic E-state index is 0.0275. The number of rotatable bonds is 5. The molecule has 1 fully saturated rings. The largest absolute Gasteiger partial charge is 0.382 e. The monoisotopic (exact) mass is 371 g/mol. The van der Waals surface area contributed by atoms with E-state index in [0.717, 1.165) is 29.5 Å². The number of benzene rings is 1. The molecule has 0 bridgehead atoms. The summed E-state index contributed by atoms with van der Waals surface area (Å²) in [5, 5.41) is 2.85. The Morgan fingerprint density at radius 3 is 2.64 bits per heavy atom. The van der Waals surface area contributed by atoms with Crippen LogP contribution in [0.1, 0.15) is 24.0 Å². The minimum absolute atomic E-state index is 0.0275. The number of nitrogens with zero attached hydrogens (tertiary/aromatic N) is 3. The van der Waals surface area contributed by atoms with E-state index in [4.69, 9.17) is 5.73 Å². The highest BCUT2D eigenvalue weighted by molar-refractivity contribution is 5.94. The third kappa shape index (κ3) is 4.06. The number of carbonyl (C=O) groups excluding carboxylic acids is 1. The van der Waals surface area contributed by atoms with Crippen LogP contribution in [0.25, 0.3) is 11.1 Å². The molecule has 0 aliphatic heterocycles. The molecule has 1 amide bonds. The minimum Gasteiger partial charge on any atom is -0.382 e. The van der Waals surface area contributed by atoms with Gasteiger partial charge < -0.3 is 11.1 Å². The summed E-state index contributed by atoms with van der Waals surface area (Å²) in [6.07, 6.45) is 6.95. The first-order valence-electron chi connectivity index (χ1n) is 9.22. The van der Waals surface area contributed by atoms with Gasteiger partial charge in [0.25, 0.3) is 0 Å². The Labute approximate surface area is 163 Å². The molecule has 1 aliphatic rings. The van der Waals surface area contributed by atoms with Gasteiger partial charge in [-0.1, -0.05) is 29.8 Å². The number of aryl methyl sites for hydroxylation is 1. The lowest BCUT2D eigenvalue weighted by atomic mass is 10.0. The van der Waals surface area contributed by atoms with Crippen LogP contribution in [-0.4, -0.2) is 22.1 Å². The van der Waals surface area contributed by atoms with Crippen LogP contribution in [0.2, 0.25) is 0 Å². The average Bonchev–Trinajstić information content (AvgIpc) is 3.53. The van der Waals surface area contributed by atoms with Gasteiger partial charge in [-0.2, -0.15) is 0 Å². The zero-order valence-electron chi connectivity index (χ0n) is 15.6. The summed E-state index contributed by atoms with van der Waals surface area (Å²) in [6, 6.07) is 13.7. The summed E-state index contributed by atoms with van der Waals surface area (Å²) in [7, 11) is 0. The summed E-state index contributed by atoms with van der Waals surface area (Å²) in [5.41, 5.74) is 10.7. The van der Waals surface area contributed by atoms with Crippen LogP contribution in [0.5, 0.6) is 0 Å². The predicted octanol–water partition coefficient (Wildman–Crippen LogP) is 4.13. The second-order valence-corrected chi connectivity index (χ2v) is 6.95. The van der Waals surface area contributed by atoms with Crippen molar-refractivity contribution in [2.24, 2.45) is 10.9 Å². The molecule has 3 aromatic rings. The molecule has 28 heavy (non-hydrogen) atoms. The zero-order chi connectivity index (χ0) is 19.5. The molecule has 0 atom stereocenters. The Balaban J connectivity index is 1.61. The first-order valence-corrected chi connectivity index (χ1v) is 9.22. The Hall–Kier alpha value is -3.54. The quantitative estimate of drug-likeness (QED) is 0.659. The Kier molecular flexibility index (Phi) is 4.85. The molecule has 2 aromatic heterocycles. The molecule has 0 saturated heterocycles.